The second-order valence-electron chi connectivity index (χ2n) is 5.25. The molecule has 0 unspecified atom stereocenters. The van der Waals surface area contributed by atoms with Gasteiger partial charge in [0.15, 0.2) is 5.76 Å². The van der Waals surface area contributed by atoms with Crippen LogP contribution in [-0.4, -0.2) is 25.9 Å². The average Bonchev–Trinajstić information content (AvgIpc) is 3.06. The van der Waals surface area contributed by atoms with E-state index in [1.807, 2.05) is 43.3 Å². The number of alkyl halides is 1. The minimum atomic E-state index is -0.842. The Bertz CT molecular complexity index is 764. The summed E-state index contributed by atoms with van der Waals surface area (Å²) in [5, 5.41) is 0. The van der Waals surface area contributed by atoms with Crippen molar-refractivity contribution in [3.8, 4) is 28.5 Å². The molecule has 0 aliphatic carbocycles. The van der Waals surface area contributed by atoms with Crippen LogP contribution < -0.4 is 9.64 Å². The topological polar surface area (TPSA) is 38.5 Å². The fourth-order valence-corrected chi connectivity index (χ4v) is 2.22. The molecule has 1 heterocycles. The Labute approximate surface area is 134 Å². The molecule has 4 nitrogen and oxygen atoms in total. The zero-order chi connectivity index (χ0) is 16.2. The Hall–Kier alpha value is -2.82. The van der Waals surface area contributed by atoms with E-state index in [9.17, 15) is 4.39 Å². The van der Waals surface area contributed by atoms with E-state index in [-0.39, 0.29) is 0 Å². The Balaban J connectivity index is 1.82. The molecule has 0 radical (unpaired) electrons. The molecule has 0 saturated heterocycles. The molecule has 0 bridgehead atoms. The summed E-state index contributed by atoms with van der Waals surface area (Å²) in [6.45, 7) is -0.842. The van der Waals surface area contributed by atoms with E-state index in [0.29, 0.717) is 17.4 Å². The van der Waals surface area contributed by atoms with E-state index < -0.39 is 6.86 Å². The Kier molecular flexibility index (Phi) is 4.28. The van der Waals surface area contributed by atoms with Crippen LogP contribution in [0.4, 0.5) is 10.1 Å². The van der Waals surface area contributed by atoms with Crippen LogP contribution in [0.15, 0.2) is 59.1 Å². The first-order valence-electron chi connectivity index (χ1n) is 7.20. The highest BCUT2D eigenvalue weighted by Crippen LogP contribution is 2.28. The first-order valence-corrected chi connectivity index (χ1v) is 7.20. The van der Waals surface area contributed by atoms with Gasteiger partial charge in [0.25, 0.3) is 0 Å². The summed E-state index contributed by atoms with van der Waals surface area (Å²) >= 11 is 0. The zero-order valence-electron chi connectivity index (χ0n) is 13.0. The first kappa shape index (κ1) is 15.1. The van der Waals surface area contributed by atoms with Gasteiger partial charge in [-0.05, 0) is 48.5 Å². The second-order valence-corrected chi connectivity index (χ2v) is 5.25. The van der Waals surface area contributed by atoms with Crippen LogP contribution in [-0.2, 0) is 0 Å². The lowest BCUT2D eigenvalue weighted by Crippen LogP contribution is -2.07. The maximum atomic E-state index is 12.1. The minimum Gasteiger partial charge on any atom is -0.463 e. The molecule has 0 N–H and O–H groups in total. The van der Waals surface area contributed by atoms with Crippen molar-refractivity contribution in [3.05, 3.63) is 54.7 Å². The number of halogens is 1. The number of anilines is 1. The average molecular weight is 312 g/mol. The van der Waals surface area contributed by atoms with Crippen LogP contribution in [0.1, 0.15) is 0 Å². The van der Waals surface area contributed by atoms with Gasteiger partial charge in [0.05, 0.1) is 6.20 Å². The van der Waals surface area contributed by atoms with Crippen LogP contribution in [0.3, 0.4) is 0 Å². The summed E-state index contributed by atoms with van der Waals surface area (Å²) in [6, 6.07) is 15.0. The molecule has 118 valence electrons. The molecule has 0 fully saturated rings. The quantitative estimate of drug-likeness (QED) is 0.701. The third kappa shape index (κ3) is 3.34. The standard InChI is InChI=1S/C18H17FN2O2/c1-21(2)15-7-3-13(4-8-15)17-11-20-18(23-17)14-5-9-16(10-6-14)22-12-19/h3-11H,12H2,1-2H3. The highest BCUT2D eigenvalue weighted by molar-refractivity contribution is 5.64. The van der Waals surface area contributed by atoms with Gasteiger partial charge in [-0.2, -0.15) is 0 Å². The smallest absolute Gasteiger partial charge is 0.228 e. The molecule has 2 aromatic carbocycles. The lowest BCUT2D eigenvalue weighted by molar-refractivity contribution is 0.192. The summed E-state index contributed by atoms with van der Waals surface area (Å²) in [5.74, 6) is 1.69. The molecule has 1 aromatic heterocycles. The van der Waals surface area contributed by atoms with Crippen molar-refractivity contribution in [2.45, 2.75) is 0 Å². The normalized spacial score (nSPS) is 10.6. The van der Waals surface area contributed by atoms with E-state index >= 15 is 0 Å². The van der Waals surface area contributed by atoms with Crippen molar-refractivity contribution in [3.63, 3.8) is 0 Å². The first-order chi connectivity index (χ1) is 11.2. The zero-order valence-corrected chi connectivity index (χ0v) is 13.0. The Morgan fingerprint density at radius 2 is 1.65 bits per heavy atom. The molecule has 5 heteroatoms. The molecule has 0 aliphatic heterocycles. The van der Waals surface area contributed by atoms with Gasteiger partial charge in [0.1, 0.15) is 5.75 Å². The number of nitrogens with zero attached hydrogens (tertiary/aromatic N) is 2. The van der Waals surface area contributed by atoms with E-state index in [4.69, 9.17) is 9.15 Å². The molecule has 0 spiro atoms. The van der Waals surface area contributed by atoms with Crippen LogP contribution in [0.2, 0.25) is 0 Å². The summed E-state index contributed by atoms with van der Waals surface area (Å²) in [4.78, 5) is 6.34. The lowest BCUT2D eigenvalue weighted by atomic mass is 10.1. The number of rotatable bonds is 5. The van der Waals surface area contributed by atoms with Crippen molar-refractivity contribution >= 4 is 5.69 Å². The maximum Gasteiger partial charge on any atom is 0.228 e. The number of hydrogen-bond acceptors (Lipinski definition) is 4. The molecule has 3 aromatic rings. The van der Waals surface area contributed by atoms with E-state index in [1.165, 1.54) is 0 Å². The van der Waals surface area contributed by atoms with Gasteiger partial charge in [-0.1, -0.05) is 0 Å². The fourth-order valence-electron chi connectivity index (χ4n) is 2.22. The van der Waals surface area contributed by atoms with Crippen LogP contribution in [0, 0.1) is 0 Å². The summed E-state index contributed by atoms with van der Waals surface area (Å²) in [7, 11) is 4.00. The third-order valence-electron chi connectivity index (χ3n) is 3.50. The van der Waals surface area contributed by atoms with Gasteiger partial charge in [-0.3, -0.25) is 0 Å². The molecule has 0 amide bonds. The molecule has 0 saturated carbocycles. The molecular weight excluding hydrogens is 295 g/mol. The number of aromatic nitrogens is 1. The molecule has 0 atom stereocenters. The van der Waals surface area contributed by atoms with Gasteiger partial charge in [0.2, 0.25) is 12.8 Å². The van der Waals surface area contributed by atoms with Crippen LogP contribution >= 0.6 is 0 Å². The van der Waals surface area contributed by atoms with Gasteiger partial charge in [0, 0.05) is 30.9 Å². The number of hydrogen-bond donors (Lipinski definition) is 0. The number of ether oxygens (including phenoxy) is 1. The minimum absolute atomic E-state index is 0.474. The van der Waals surface area contributed by atoms with Crippen LogP contribution in [0.25, 0.3) is 22.8 Å². The van der Waals surface area contributed by atoms with Gasteiger partial charge >= 0.3 is 0 Å². The highest BCUT2D eigenvalue weighted by Gasteiger charge is 2.09. The Morgan fingerprint density at radius 1 is 1.00 bits per heavy atom. The molecule has 3 rings (SSSR count). The van der Waals surface area contributed by atoms with Crippen molar-refractivity contribution in [1.29, 1.82) is 0 Å². The lowest BCUT2D eigenvalue weighted by Gasteiger charge is -2.11. The Morgan fingerprint density at radius 3 is 2.26 bits per heavy atom. The van der Waals surface area contributed by atoms with Crippen molar-refractivity contribution in [2.24, 2.45) is 0 Å². The molecule has 23 heavy (non-hydrogen) atoms. The van der Waals surface area contributed by atoms with E-state index in [0.717, 1.165) is 16.8 Å². The highest BCUT2D eigenvalue weighted by atomic mass is 19.1. The number of benzene rings is 2. The van der Waals surface area contributed by atoms with Gasteiger partial charge in [-0.25, -0.2) is 9.37 Å². The number of oxazole rings is 1. The van der Waals surface area contributed by atoms with E-state index in [2.05, 4.69) is 4.98 Å². The predicted octanol–water partition coefficient (Wildman–Crippen LogP) is 4.38. The van der Waals surface area contributed by atoms with E-state index in [1.54, 1.807) is 30.5 Å². The van der Waals surface area contributed by atoms with Gasteiger partial charge in [-0.15, -0.1) is 0 Å². The van der Waals surface area contributed by atoms with Crippen molar-refractivity contribution in [2.75, 3.05) is 25.9 Å². The summed E-state index contributed by atoms with van der Waals surface area (Å²) in [6.07, 6.45) is 1.70. The fraction of sp³-hybridized carbons (Fsp3) is 0.167. The SMILES string of the molecule is CN(C)c1ccc(-c2cnc(-c3ccc(OCF)cc3)o2)cc1. The van der Waals surface area contributed by atoms with Crippen molar-refractivity contribution < 1.29 is 13.5 Å². The van der Waals surface area contributed by atoms with Crippen molar-refractivity contribution in [1.82, 2.24) is 4.98 Å². The molecule has 0 aliphatic rings. The monoisotopic (exact) mass is 312 g/mol. The second kappa shape index (κ2) is 6.52. The summed E-state index contributed by atoms with van der Waals surface area (Å²) in [5.41, 5.74) is 2.90. The van der Waals surface area contributed by atoms with Crippen LogP contribution in [0.5, 0.6) is 5.75 Å². The largest absolute Gasteiger partial charge is 0.463 e. The predicted molar refractivity (Wildman–Crippen MR) is 88.3 cm³/mol. The molecular formula is C18H17FN2O2. The van der Waals surface area contributed by atoms with Gasteiger partial charge < -0.3 is 14.1 Å². The third-order valence-corrected chi connectivity index (χ3v) is 3.50. The maximum absolute atomic E-state index is 12.1. The summed E-state index contributed by atoms with van der Waals surface area (Å²) < 4.78 is 22.7.